The third kappa shape index (κ3) is 3.09. The Labute approximate surface area is 115 Å². The van der Waals surface area contributed by atoms with Gasteiger partial charge in [0.05, 0.1) is 6.61 Å². The van der Waals surface area contributed by atoms with Gasteiger partial charge in [0, 0.05) is 10.0 Å². The van der Waals surface area contributed by atoms with Crippen LogP contribution in [0.4, 0.5) is 4.39 Å². The minimum absolute atomic E-state index is 0.259. The quantitative estimate of drug-likeness (QED) is 0.848. The average Bonchev–Trinajstić information content (AvgIpc) is 2.32. The highest BCUT2D eigenvalue weighted by Gasteiger charge is 2.38. The maximum atomic E-state index is 13.9. The maximum Gasteiger partial charge on any atom is 0.330 e. The number of likely N-dealkylation sites (N-methyl/N-ethyl adjacent to an activating group) is 1. The zero-order valence-corrected chi connectivity index (χ0v) is 12.3. The molecule has 0 saturated carbocycles. The van der Waals surface area contributed by atoms with E-state index in [2.05, 4.69) is 21.2 Å². The van der Waals surface area contributed by atoms with Gasteiger partial charge in [-0.2, -0.15) is 0 Å². The fourth-order valence-corrected chi connectivity index (χ4v) is 2.15. The van der Waals surface area contributed by atoms with Crippen LogP contribution in [0.5, 0.6) is 0 Å². The summed E-state index contributed by atoms with van der Waals surface area (Å²) >= 11 is 3.28. The molecule has 1 unspecified atom stereocenters. The Morgan fingerprint density at radius 2 is 2.17 bits per heavy atom. The van der Waals surface area contributed by atoms with Crippen LogP contribution in [0.25, 0.3) is 0 Å². The number of esters is 1. The Bertz CT molecular complexity index is 439. The van der Waals surface area contributed by atoms with E-state index >= 15 is 0 Å². The molecule has 0 aliphatic rings. The van der Waals surface area contributed by atoms with Crippen molar-refractivity contribution in [2.75, 3.05) is 13.2 Å². The molecule has 0 spiro atoms. The molecule has 100 valence electrons. The summed E-state index contributed by atoms with van der Waals surface area (Å²) in [5.74, 6) is -0.918. The van der Waals surface area contributed by atoms with Crippen molar-refractivity contribution >= 4 is 21.9 Å². The number of rotatable bonds is 5. The van der Waals surface area contributed by atoms with E-state index in [1.807, 2.05) is 6.92 Å². The van der Waals surface area contributed by atoms with E-state index in [0.717, 1.165) is 0 Å². The van der Waals surface area contributed by atoms with Crippen LogP contribution < -0.4 is 5.32 Å². The normalized spacial score (nSPS) is 14.1. The molecule has 18 heavy (non-hydrogen) atoms. The van der Waals surface area contributed by atoms with E-state index < -0.39 is 17.3 Å². The van der Waals surface area contributed by atoms with Gasteiger partial charge in [0.15, 0.2) is 0 Å². The van der Waals surface area contributed by atoms with E-state index in [4.69, 9.17) is 4.74 Å². The first-order valence-electron chi connectivity index (χ1n) is 5.83. The van der Waals surface area contributed by atoms with Crippen LogP contribution in [0.3, 0.4) is 0 Å². The van der Waals surface area contributed by atoms with Crippen LogP contribution in [0.1, 0.15) is 26.3 Å². The van der Waals surface area contributed by atoms with Gasteiger partial charge in [0.1, 0.15) is 11.4 Å². The van der Waals surface area contributed by atoms with Crippen LogP contribution in [0.2, 0.25) is 0 Å². The standard InChI is InChI=1S/C13H17BrFNO2/c1-4-16-13(3,12(17)18-5-2)10-8-9(14)6-7-11(10)15/h6-8,16H,4-5H2,1-3H3. The zero-order valence-electron chi connectivity index (χ0n) is 10.7. The van der Waals surface area contributed by atoms with Crippen molar-refractivity contribution in [2.45, 2.75) is 26.3 Å². The number of carbonyl (C=O) groups excluding carboxylic acids is 1. The lowest BCUT2D eigenvalue weighted by Crippen LogP contribution is -2.48. The van der Waals surface area contributed by atoms with Gasteiger partial charge in [-0.15, -0.1) is 0 Å². The molecular weight excluding hydrogens is 301 g/mol. The fourth-order valence-electron chi connectivity index (χ4n) is 1.79. The van der Waals surface area contributed by atoms with Crippen molar-refractivity contribution in [1.29, 1.82) is 0 Å². The van der Waals surface area contributed by atoms with Gasteiger partial charge in [-0.05, 0) is 38.6 Å². The molecule has 5 heteroatoms. The van der Waals surface area contributed by atoms with E-state index in [1.165, 1.54) is 6.07 Å². The van der Waals surface area contributed by atoms with Gasteiger partial charge in [-0.1, -0.05) is 22.9 Å². The van der Waals surface area contributed by atoms with Gasteiger partial charge in [0.25, 0.3) is 0 Å². The van der Waals surface area contributed by atoms with Gasteiger partial charge in [0.2, 0.25) is 0 Å². The van der Waals surface area contributed by atoms with Gasteiger partial charge in [-0.25, -0.2) is 9.18 Å². The zero-order chi connectivity index (χ0) is 13.8. The summed E-state index contributed by atoms with van der Waals surface area (Å²) in [5.41, 5.74) is -0.907. The second-order valence-electron chi connectivity index (χ2n) is 4.00. The number of benzene rings is 1. The number of hydrogen-bond donors (Lipinski definition) is 1. The molecule has 1 rings (SSSR count). The number of ether oxygens (including phenoxy) is 1. The molecule has 1 atom stereocenters. The van der Waals surface area contributed by atoms with Crippen LogP contribution in [-0.4, -0.2) is 19.1 Å². The highest BCUT2D eigenvalue weighted by Crippen LogP contribution is 2.28. The molecule has 3 nitrogen and oxygen atoms in total. The summed E-state index contributed by atoms with van der Waals surface area (Å²) in [4.78, 5) is 12.1. The SMILES string of the molecule is CCNC(C)(C(=O)OCC)c1cc(Br)ccc1F. The van der Waals surface area contributed by atoms with E-state index in [-0.39, 0.29) is 12.2 Å². The topological polar surface area (TPSA) is 38.3 Å². The lowest BCUT2D eigenvalue weighted by molar-refractivity contribution is -0.151. The van der Waals surface area contributed by atoms with Crippen LogP contribution in [0, 0.1) is 5.82 Å². The predicted octanol–water partition coefficient (Wildman–Crippen LogP) is 2.98. The monoisotopic (exact) mass is 317 g/mol. The second kappa shape index (κ2) is 6.29. The Morgan fingerprint density at radius 3 is 2.72 bits per heavy atom. The van der Waals surface area contributed by atoms with Crippen molar-refractivity contribution in [3.63, 3.8) is 0 Å². The summed E-state index contributed by atoms with van der Waals surface area (Å²) < 4.78 is 19.7. The summed E-state index contributed by atoms with van der Waals surface area (Å²) in [6, 6.07) is 4.51. The van der Waals surface area contributed by atoms with Crippen LogP contribution in [0.15, 0.2) is 22.7 Å². The first-order valence-corrected chi connectivity index (χ1v) is 6.62. The maximum absolute atomic E-state index is 13.9. The molecule has 0 fully saturated rings. The molecule has 0 aromatic heterocycles. The molecule has 0 heterocycles. The van der Waals surface area contributed by atoms with Crippen molar-refractivity contribution in [3.8, 4) is 0 Å². The molecule has 0 bridgehead atoms. The van der Waals surface area contributed by atoms with E-state index in [1.54, 1.807) is 26.0 Å². The number of halogens is 2. The molecule has 0 aliphatic heterocycles. The highest BCUT2D eigenvalue weighted by molar-refractivity contribution is 9.10. The predicted molar refractivity (Wildman–Crippen MR) is 71.8 cm³/mol. The van der Waals surface area contributed by atoms with E-state index in [9.17, 15) is 9.18 Å². The Balaban J connectivity index is 3.25. The molecule has 1 aromatic carbocycles. The molecular formula is C13H17BrFNO2. The fraction of sp³-hybridized carbons (Fsp3) is 0.462. The summed E-state index contributed by atoms with van der Waals surface area (Å²) in [7, 11) is 0. The Morgan fingerprint density at radius 1 is 1.50 bits per heavy atom. The third-order valence-electron chi connectivity index (χ3n) is 2.68. The molecule has 1 N–H and O–H groups in total. The van der Waals surface area contributed by atoms with Crippen molar-refractivity contribution in [1.82, 2.24) is 5.32 Å². The molecule has 0 radical (unpaired) electrons. The van der Waals surface area contributed by atoms with Crippen molar-refractivity contribution < 1.29 is 13.9 Å². The van der Waals surface area contributed by atoms with Crippen LogP contribution >= 0.6 is 15.9 Å². The summed E-state index contributed by atoms with van der Waals surface area (Å²) in [6.07, 6.45) is 0. The molecule has 1 aromatic rings. The van der Waals surface area contributed by atoms with Crippen molar-refractivity contribution in [3.05, 3.63) is 34.1 Å². The van der Waals surface area contributed by atoms with Gasteiger partial charge >= 0.3 is 5.97 Å². The lowest BCUT2D eigenvalue weighted by Gasteiger charge is -2.29. The third-order valence-corrected chi connectivity index (χ3v) is 3.17. The largest absolute Gasteiger partial charge is 0.464 e. The van der Waals surface area contributed by atoms with Gasteiger partial charge in [-0.3, -0.25) is 5.32 Å². The molecule has 0 saturated heterocycles. The number of hydrogen-bond acceptors (Lipinski definition) is 3. The second-order valence-corrected chi connectivity index (χ2v) is 4.92. The number of nitrogens with one attached hydrogen (secondary N) is 1. The minimum atomic E-state index is -1.18. The van der Waals surface area contributed by atoms with E-state index in [0.29, 0.717) is 11.0 Å². The first-order chi connectivity index (χ1) is 8.45. The summed E-state index contributed by atoms with van der Waals surface area (Å²) in [6.45, 7) is 5.99. The molecule has 0 amide bonds. The van der Waals surface area contributed by atoms with Gasteiger partial charge < -0.3 is 4.74 Å². The number of carbonyl (C=O) groups is 1. The highest BCUT2D eigenvalue weighted by atomic mass is 79.9. The lowest BCUT2D eigenvalue weighted by atomic mass is 9.91. The first kappa shape index (κ1) is 15.1. The minimum Gasteiger partial charge on any atom is -0.464 e. The summed E-state index contributed by atoms with van der Waals surface area (Å²) in [5, 5.41) is 2.99. The van der Waals surface area contributed by atoms with Crippen LogP contribution in [-0.2, 0) is 15.1 Å². The van der Waals surface area contributed by atoms with Crippen molar-refractivity contribution in [2.24, 2.45) is 0 Å². The molecule has 0 aliphatic carbocycles. The Hall–Kier alpha value is -0.940. The average molecular weight is 318 g/mol. The smallest absolute Gasteiger partial charge is 0.330 e. The Kier molecular flexibility index (Phi) is 5.28.